The molecule has 1 aliphatic rings. The lowest BCUT2D eigenvalue weighted by Crippen LogP contribution is -2.41. The number of carbonyl (C=O) groups excluding carboxylic acids is 1. The second-order valence-electron chi connectivity index (χ2n) is 4.68. The molecule has 4 nitrogen and oxygen atoms in total. The highest BCUT2D eigenvalue weighted by Crippen LogP contribution is 2.40. The highest BCUT2D eigenvalue weighted by atomic mass is 16.6. The van der Waals surface area contributed by atoms with Gasteiger partial charge in [0.25, 0.3) is 0 Å². The van der Waals surface area contributed by atoms with Gasteiger partial charge in [-0.3, -0.25) is 4.90 Å². The number of hydrogen-bond donors (Lipinski definition) is 0. The van der Waals surface area contributed by atoms with Gasteiger partial charge in [-0.05, 0) is 33.6 Å². The number of ether oxygens (including phenoxy) is 1. The maximum Gasteiger partial charge on any atom is 0.411 e. The third-order valence-corrected chi connectivity index (χ3v) is 2.24. The second kappa shape index (κ2) is 3.16. The molecule has 14 heavy (non-hydrogen) atoms. The van der Waals surface area contributed by atoms with Gasteiger partial charge in [0, 0.05) is 7.05 Å². The Balaban J connectivity index is 2.59. The minimum atomic E-state index is -0.595. The molecular formula is C10H16N2O2. The molecule has 0 spiro atoms. The van der Waals surface area contributed by atoms with Crippen molar-refractivity contribution in [2.24, 2.45) is 0 Å². The van der Waals surface area contributed by atoms with Crippen LogP contribution in [0.4, 0.5) is 4.79 Å². The van der Waals surface area contributed by atoms with Crippen LogP contribution < -0.4 is 0 Å². The fourth-order valence-corrected chi connectivity index (χ4v) is 1.15. The topological polar surface area (TPSA) is 53.3 Å². The van der Waals surface area contributed by atoms with Gasteiger partial charge in [0.05, 0.1) is 6.07 Å². The van der Waals surface area contributed by atoms with E-state index in [-0.39, 0.29) is 0 Å². The molecule has 1 rings (SSSR count). The van der Waals surface area contributed by atoms with Crippen molar-refractivity contribution in [1.29, 1.82) is 5.26 Å². The number of hydrogen-bond acceptors (Lipinski definition) is 3. The van der Waals surface area contributed by atoms with E-state index in [1.807, 2.05) is 20.8 Å². The van der Waals surface area contributed by atoms with Crippen LogP contribution in [-0.2, 0) is 4.74 Å². The molecule has 0 atom stereocenters. The molecule has 1 fully saturated rings. The van der Waals surface area contributed by atoms with E-state index in [9.17, 15) is 4.79 Å². The van der Waals surface area contributed by atoms with Crippen LogP contribution in [0, 0.1) is 11.3 Å². The summed E-state index contributed by atoms with van der Waals surface area (Å²) in [4.78, 5) is 13.0. The summed E-state index contributed by atoms with van der Waals surface area (Å²) in [5, 5.41) is 8.87. The van der Waals surface area contributed by atoms with Gasteiger partial charge in [0.2, 0.25) is 0 Å². The predicted octanol–water partition coefficient (Wildman–Crippen LogP) is 1.91. The highest BCUT2D eigenvalue weighted by Gasteiger charge is 2.50. The molecule has 4 heteroatoms. The lowest BCUT2D eigenvalue weighted by molar-refractivity contribution is 0.0241. The zero-order chi connectivity index (χ0) is 11.0. The Morgan fingerprint density at radius 1 is 1.50 bits per heavy atom. The fraction of sp³-hybridized carbons (Fsp3) is 0.800. The van der Waals surface area contributed by atoms with E-state index >= 15 is 0 Å². The van der Waals surface area contributed by atoms with Crippen molar-refractivity contribution in [2.75, 3.05) is 7.05 Å². The zero-order valence-corrected chi connectivity index (χ0v) is 9.13. The van der Waals surface area contributed by atoms with E-state index < -0.39 is 17.2 Å². The second-order valence-corrected chi connectivity index (χ2v) is 4.68. The Bertz CT molecular complexity index is 281. The zero-order valence-electron chi connectivity index (χ0n) is 9.13. The first-order valence-electron chi connectivity index (χ1n) is 4.69. The van der Waals surface area contributed by atoms with E-state index in [2.05, 4.69) is 6.07 Å². The van der Waals surface area contributed by atoms with Crippen LogP contribution in [0.2, 0.25) is 0 Å². The number of nitriles is 1. The van der Waals surface area contributed by atoms with Crippen LogP contribution in [0.15, 0.2) is 0 Å². The standard InChI is InChI=1S/C10H16N2O2/c1-9(2,3)14-8(13)12(4)10(7-11)5-6-10/h5-6H2,1-4H3. The van der Waals surface area contributed by atoms with E-state index in [0.29, 0.717) is 0 Å². The maximum absolute atomic E-state index is 11.6. The molecule has 0 N–H and O–H groups in total. The molecule has 1 amide bonds. The average molecular weight is 196 g/mol. The molecule has 1 saturated carbocycles. The Kier molecular flexibility index (Phi) is 2.45. The molecule has 0 bridgehead atoms. The summed E-state index contributed by atoms with van der Waals surface area (Å²) in [6.07, 6.45) is 1.08. The smallest absolute Gasteiger partial charge is 0.411 e. The largest absolute Gasteiger partial charge is 0.444 e. The molecule has 0 aromatic rings. The summed E-state index contributed by atoms with van der Waals surface area (Å²) in [6.45, 7) is 5.43. The third kappa shape index (κ3) is 2.16. The summed E-state index contributed by atoms with van der Waals surface area (Å²) >= 11 is 0. The summed E-state index contributed by atoms with van der Waals surface area (Å²) in [7, 11) is 1.62. The first-order chi connectivity index (χ1) is 6.31. The van der Waals surface area contributed by atoms with Gasteiger partial charge in [-0.25, -0.2) is 4.79 Å². The summed E-state index contributed by atoms with van der Waals surface area (Å²) in [6, 6.07) is 2.14. The summed E-state index contributed by atoms with van der Waals surface area (Å²) in [5.41, 5.74) is -1.10. The van der Waals surface area contributed by atoms with Gasteiger partial charge >= 0.3 is 6.09 Å². The molecule has 0 aliphatic heterocycles. The summed E-state index contributed by atoms with van der Waals surface area (Å²) < 4.78 is 5.16. The number of nitrogens with zero attached hydrogens (tertiary/aromatic N) is 2. The lowest BCUT2D eigenvalue weighted by atomic mass is 10.2. The molecule has 0 heterocycles. The normalized spacial score (nSPS) is 18.2. The van der Waals surface area contributed by atoms with Crippen molar-refractivity contribution in [1.82, 2.24) is 4.90 Å². The van der Waals surface area contributed by atoms with Gasteiger partial charge in [-0.15, -0.1) is 0 Å². The van der Waals surface area contributed by atoms with Crippen molar-refractivity contribution < 1.29 is 9.53 Å². The van der Waals surface area contributed by atoms with Crippen LogP contribution in [-0.4, -0.2) is 29.2 Å². The van der Waals surface area contributed by atoms with Gasteiger partial charge < -0.3 is 4.74 Å². The van der Waals surface area contributed by atoms with Gasteiger partial charge in [-0.1, -0.05) is 0 Å². The third-order valence-electron chi connectivity index (χ3n) is 2.24. The van der Waals surface area contributed by atoms with E-state index in [1.165, 1.54) is 4.90 Å². The molecule has 1 aliphatic carbocycles. The summed E-state index contributed by atoms with van der Waals surface area (Å²) in [5.74, 6) is 0. The highest BCUT2D eigenvalue weighted by molar-refractivity contribution is 5.70. The van der Waals surface area contributed by atoms with E-state index in [4.69, 9.17) is 10.00 Å². The van der Waals surface area contributed by atoms with E-state index in [0.717, 1.165) is 12.8 Å². The SMILES string of the molecule is CN(C(=O)OC(C)(C)C)C1(C#N)CC1. The maximum atomic E-state index is 11.6. The Morgan fingerprint density at radius 2 is 2.00 bits per heavy atom. The minimum absolute atomic E-state index is 0.420. The van der Waals surface area contributed by atoms with Crippen LogP contribution in [0.3, 0.4) is 0 Å². The van der Waals surface area contributed by atoms with Crippen molar-refractivity contribution in [3.05, 3.63) is 0 Å². The van der Waals surface area contributed by atoms with Crippen molar-refractivity contribution in [3.63, 3.8) is 0 Å². The monoisotopic (exact) mass is 196 g/mol. The molecule has 0 aromatic heterocycles. The minimum Gasteiger partial charge on any atom is -0.444 e. The Labute approximate surface area is 84.4 Å². The molecule has 78 valence electrons. The van der Waals surface area contributed by atoms with Gasteiger partial charge in [0.1, 0.15) is 11.1 Å². The molecule has 0 saturated heterocycles. The van der Waals surface area contributed by atoms with Crippen LogP contribution in [0.1, 0.15) is 33.6 Å². The van der Waals surface area contributed by atoms with Gasteiger partial charge in [0.15, 0.2) is 0 Å². The van der Waals surface area contributed by atoms with E-state index in [1.54, 1.807) is 7.05 Å². The average Bonchev–Trinajstić information content (AvgIpc) is 2.80. The Hall–Kier alpha value is -1.24. The number of rotatable bonds is 1. The molecule has 0 unspecified atom stereocenters. The number of carbonyl (C=O) groups is 1. The fourth-order valence-electron chi connectivity index (χ4n) is 1.15. The Morgan fingerprint density at radius 3 is 2.29 bits per heavy atom. The first-order valence-corrected chi connectivity index (χ1v) is 4.69. The first kappa shape index (κ1) is 10.8. The lowest BCUT2D eigenvalue weighted by Gasteiger charge is -2.27. The van der Waals surface area contributed by atoms with Crippen molar-refractivity contribution in [2.45, 2.75) is 44.8 Å². The number of amides is 1. The van der Waals surface area contributed by atoms with Crippen molar-refractivity contribution >= 4 is 6.09 Å². The quantitative estimate of drug-likeness (QED) is 0.643. The van der Waals surface area contributed by atoms with Gasteiger partial charge in [-0.2, -0.15) is 5.26 Å². The van der Waals surface area contributed by atoms with Crippen molar-refractivity contribution in [3.8, 4) is 6.07 Å². The molecule has 0 aromatic carbocycles. The molecular weight excluding hydrogens is 180 g/mol. The van der Waals surface area contributed by atoms with Crippen LogP contribution in [0.25, 0.3) is 0 Å². The molecule has 0 radical (unpaired) electrons. The van der Waals surface area contributed by atoms with Crippen LogP contribution in [0.5, 0.6) is 0 Å². The van der Waals surface area contributed by atoms with Crippen LogP contribution >= 0.6 is 0 Å². The predicted molar refractivity (Wildman–Crippen MR) is 51.6 cm³/mol.